The molecule has 4 heteroatoms. The zero-order valence-corrected chi connectivity index (χ0v) is 14.7. The third-order valence-corrected chi connectivity index (χ3v) is 11.8. The molecule has 0 aromatic heterocycles. The summed E-state index contributed by atoms with van der Waals surface area (Å²) in [6, 6.07) is 0. The van der Waals surface area contributed by atoms with Crippen LogP contribution in [0.4, 0.5) is 0 Å². The minimum absolute atomic E-state index is 1.14. The van der Waals surface area contributed by atoms with Crippen LogP contribution in [0.1, 0.15) is 26.2 Å². The van der Waals surface area contributed by atoms with E-state index in [2.05, 4.69) is 71.5 Å². The normalized spacial score (nSPS) is 16.8. The summed E-state index contributed by atoms with van der Waals surface area (Å²) in [5, 5.41) is 0. The number of hydrogen-bond acceptors (Lipinski definition) is 3. The van der Waals surface area contributed by atoms with Gasteiger partial charge in [-0.3, -0.25) is 0 Å². The van der Waals surface area contributed by atoms with E-state index in [4.69, 9.17) is 0 Å². The number of rotatable bonds is 6. The maximum absolute atomic E-state index is 2.50. The topological polar surface area (TPSA) is 9.72 Å². The van der Waals surface area contributed by atoms with Gasteiger partial charge in [0, 0.05) is 0 Å². The Morgan fingerprint density at radius 1 is 1.00 bits per heavy atom. The van der Waals surface area contributed by atoms with Crippen molar-refractivity contribution >= 4 is 0 Å². The molecule has 0 radical (unpaired) electrons. The van der Waals surface area contributed by atoms with Gasteiger partial charge in [-0.1, -0.05) is 0 Å². The monoisotopic (exact) mass is 287 g/mol. The Hall–Kier alpha value is 0.0743. The summed E-state index contributed by atoms with van der Waals surface area (Å²) in [6.07, 6.45) is 8.29. The number of nitrogens with zero attached hydrogens (tertiary/aromatic N) is 3. The van der Waals surface area contributed by atoms with Crippen molar-refractivity contribution in [2.24, 2.45) is 0 Å². The van der Waals surface area contributed by atoms with Crippen LogP contribution in [0.3, 0.4) is 0 Å². The Labute approximate surface area is 117 Å². The first-order valence-electron chi connectivity index (χ1n) is 6.80. The molecule has 1 aliphatic rings. The molecule has 0 heterocycles. The minimum atomic E-state index is -2.49. The van der Waals surface area contributed by atoms with Gasteiger partial charge in [-0.25, -0.2) is 0 Å². The van der Waals surface area contributed by atoms with Gasteiger partial charge in [-0.2, -0.15) is 0 Å². The molecule has 0 spiro atoms. The van der Waals surface area contributed by atoms with E-state index >= 15 is 0 Å². The van der Waals surface area contributed by atoms with Crippen molar-refractivity contribution in [2.45, 2.75) is 26.2 Å². The molecule has 0 saturated heterocycles. The van der Waals surface area contributed by atoms with E-state index in [0.29, 0.717) is 0 Å². The molecule has 0 fully saturated rings. The Bertz CT molecular complexity index is 321. The molecule has 0 aromatic carbocycles. The first-order valence-corrected chi connectivity index (χ1v) is 9.67. The Kier molecular flexibility index (Phi) is 5.81. The van der Waals surface area contributed by atoms with Gasteiger partial charge in [0.2, 0.25) is 0 Å². The van der Waals surface area contributed by atoms with Gasteiger partial charge in [0.05, 0.1) is 0 Å². The van der Waals surface area contributed by atoms with Crippen LogP contribution in [0.5, 0.6) is 0 Å². The van der Waals surface area contributed by atoms with Gasteiger partial charge in [0.1, 0.15) is 0 Å². The van der Waals surface area contributed by atoms with Crippen LogP contribution >= 0.6 is 0 Å². The summed E-state index contributed by atoms with van der Waals surface area (Å²) < 4.78 is 9.20. The predicted molar refractivity (Wildman–Crippen MR) is 76.8 cm³/mol. The van der Waals surface area contributed by atoms with Gasteiger partial charge >= 0.3 is 118 Å². The van der Waals surface area contributed by atoms with E-state index in [-0.39, 0.29) is 0 Å². The molecule has 0 amide bonds. The number of hydrogen-bond donors (Lipinski definition) is 0. The van der Waals surface area contributed by atoms with E-state index < -0.39 is 17.4 Å². The SMILES string of the molecule is CCCC1=[C]([Ti]([N](C)C)([N](C)C)[N](C)C)CC=C1. The predicted octanol–water partition coefficient (Wildman–Crippen LogP) is 2.58. The van der Waals surface area contributed by atoms with Crippen molar-refractivity contribution in [2.75, 3.05) is 42.3 Å². The average Bonchev–Trinajstić information content (AvgIpc) is 2.66. The summed E-state index contributed by atoms with van der Waals surface area (Å²) >= 11 is -2.49. The fourth-order valence-electron chi connectivity index (χ4n) is 3.42. The molecule has 0 bridgehead atoms. The molecular weight excluding hydrogens is 258 g/mol. The van der Waals surface area contributed by atoms with Gasteiger partial charge in [-0.15, -0.1) is 0 Å². The van der Waals surface area contributed by atoms with E-state index in [1.165, 1.54) is 12.8 Å². The molecule has 0 saturated carbocycles. The molecule has 0 aromatic rings. The van der Waals surface area contributed by atoms with Crippen LogP contribution in [0.25, 0.3) is 0 Å². The van der Waals surface area contributed by atoms with Gasteiger partial charge in [-0.05, 0) is 0 Å². The average molecular weight is 287 g/mol. The first kappa shape index (κ1) is 16.1. The second-order valence-corrected chi connectivity index (χ2v) is 12.8. The van der Waals surface area contributed by atoms with Gasteiger partial charge in [0.15, 0.2) is 0 Å². The number of allylic oxidation sites excluding steroid dienone is 4. The van der Waals surface area contributed by atoms with Crippen molar-refractivity contribution in [3.63, 3.8) is 0 Å². The molecule has 1 aliphatic carbocycles. The quantitative estimate of drug-likeness (QED) is 0.695. The second-order valence-electron chi connectivity index (χ2n) is 5.68. The second kappa shape index (κ2) is 6.49. The summed E-state index contributed by atoms with van der Waals surface area (Å²) in [4.78, 5) is 0. The van der Waals surface area contributed by atoms with Gasteiger partial charge in [0.25, 0.3) is 0 Å². The Balaban J connectivity index is 3.31. The molecule has 104 valence electrons. The third kappa shape index (κ3) is 2.66. The van der Waals surface area contributed by atoms with Crippen LogP contribution in [0.2, 0.25) is 0 Å². The van der Waals surface area contributed by atoms with Crippen molar-refractivity contribution < 1.29 is 17.4 Å². The summed E-state index contributed by atoms with van der Waals surface area (Å²) in [5.41, 5.74) is 1.59. The zero-order valence-electron chi connectivity index (χ0n) is 13.1. The van der Waals surface area contributed by atoms with Crippen LogP contribution in [-0.2, 0) is 17.4 Å². The van der Waals surface area contributed by atoms with Crippen LogP contribution in [0.15, 0.2) is 21.6 Å². The van der Waals surface area contributed by atoms with Crippen molar-refractivity contribution in [3.8, 4) is 0 Å². The maximum atomic E-state index is 2.50. The Morgan fingerprint density at radius 2 is 1.50 bits per heavy atom. The first-order chi connectivity index (χ1) is 8.38. The van der Waals surface area contributed by atoms with E-state index in [1.807, 2.05) is 0 Å². The molecule has 0 aliphatic heterocycles. The van der Waals surface area contributed by atoms with Crippen LogP contribution in [0, 0.1) is 0 Å². The summed E-state index contributed by atoms with van der Waals surface area (Å²) in [7, 11) is 13.5. The Morgan fingerprint density at radius 3 is 1.89 bits per heavy atom. The molecule has 0 atom stereocenters. The zero-order chi connectivity index (χ0) is 13.9. The molecule has 3 nitrogen and oxygen atoms in total. The molecule has 0 unspecified atom stereocenters. The van der Waals surface area contributed by atoms with Crippen molar-refractivity contribution in [1.29, 1.82) is 0 Å². The molecule has 0 N–H and O–H groups in total. The van der Waals surface area contributed by atoms with Crippen molar-refractivity contribution in [1.82, 2.24) is 10.1 Å². The summed E-state index contributed by atoms with van der Waals surface area (Å²) in [6.45, 7) is 2.27. The van der Waals surface area contributed by atoms with E-state index in [1.54, 1.807) is 9.45 Å². The molecule has 18 heavy (non-hydrogen) atoms. The standard InChI is InChI=1S/C8H11.3C2H6N.Ti/c1-2-5-8-6-3-4-7-8;3*1-3-2;/h3,6H,2,4-5H2,1H3;3*1-2H3;/q;3*-1;+3. The third-order valence-electron chi connectivity index (χ3n) is 3.82. The van der Waals surface area contributed by atoms with E-state index in [9.17, 15) is 0 Å². The van der Waals surface area contributed by atoms with Crippen LogP contribution < -0.4 is 0 Å². The fourth-order valence-corrected chi connectivity index (χ4v) is 11.3. The van der Waals surface area contributed by atoms with Crippen LogP contribution in [-0.4, -0.2) is 52.4 Å². The molecule has 1 rings (SSSR count). The van der Waals surface area contributed by atoms with Gasteiger partial charge < -0.3 is 0 Å². The van der Waals surface area contributed by atoms with Crippen molar-refractivity contribution in [3.05, 3.63) is 21.6 Å². The van der Waals surface area contributed by atoms with E-state index in [0.717, 1.165) is 6.42 Å². The molecular formula is C14H29N3Ti. The fraction of sp³-hybridized carbons (Fsp3) is 0.714. The summed E-state index contributed by atoms with van der Waals surface area (Å²) in [5.74, 6) is 0.